The zero-order valence-corrected chi connectivity index (χ0v) is 4.88. The van der Waals surface area contributed by atoms with Crippen molar-refractivity contribution in [2.75, 3.05) is 0 Å². The molecule has 0 spiro atoms. The third-order valence-electron chi connectivity index (χ3n) is 1.62. The van der Waals surface area contributed by atoms with Crippen molar-refractivity contribution in [1.82, 2.24) is 0 Å². The third-order valence-corrected chi connectivity index (χ3v) is 1.62. The fraction of sp³-hybridized carbons (Fsp3) is 1.00. The molecule has 48 valence electrons. The van der Waals surface area contributed by atoms with Crippen LogP contribution in [0.15, 0.2) is 0 Å². The van der Waals surface area contributed by atoms with E-state index in [1.807, 2.05) is 0 Å². The smallest absolute Gasteiger partial charge is 0.0564 e. The highest BCUT2D eigenvalue weighted by Crippen LogP contribution is 2.17. The van der Waals surface area contributed by atoms with Crippen LogP contribution in [-0.4, -0.2) is 22.4 Å². The summed E-state index contributed by atoms with van der Waals surface area (Å²) in [5.41, 5.74) is 0. The average molecular weight is 116 g/mol. The summed E-state index contributed by atoms with van der Waals surface area (Å²) in [5.74, 6) is 0. The Hall–Kier alpha value is -0.0800. The minimum absolute atomic E-state index is 0.237. The molecular formula is C6H12O2. The molecule has 0 heterocycles. The van der Waals surface area contributed by atoms with Crippen LogP contribution in [0.1, 0.15) is 25.7 Å². The quantitative estimate of drug-likeness (QED) is 0.477. The highest BCUT2D eigenvalue weighted by atomic mass is 16.3. The zero-order chi connectivity index (χ0) is 5.98. The monoisotopic (exact) mass is 116 g/mol. The second kappa shape index (κ2) is 2.46. The molecule has 1 aliphatic carbocycles. The van der Waals surface area contributed by atoms with E-state index in [0.29, 0.717) is 6.42 Å². The summed E-state index contributed by atoms with van der Waals surface area (Å²) < 4.78 is 0. The molecule has 2 heteroatoms. The molecule has 0 unspecified atom stereocenters. The van der Waals surface area contributed by atoms with Gasteiger partial charge in [-0.25, -0.2) is 0 Å². The van der Waals surface area contributed by atoms with Crippen molar-refractivity contribution in [2.24, 2.45) is 0 Å². The molecule has 0 aromatic heterocycles. The second-order valence-corrected chi connectivity index (χ2v) is 2.47. The lowest BCUT2D eigenvalue weighted by molar-refractivity contribution is 0.0406. The fourth-order valence-corrected chi connectivity index (χ4v) is 1.14. The molecule has 2 N–H and O–H groups in total. The van der Waals surface area contributed by atoms with E-state index in [-0.39, 0.29) is 12.2 Å². The van der Waals surface area contributed by atoms with Gasteiger partial charge in [0.2, 0.25) is 0 Å². The van der Waals surface area contributed by atoms with Crippen LogP contribution in [0, 0.1) is 0 Å². The molecule has 0 aromatic carbocycles. The van der Waals surface area contributed by atoms with E-state index in [9.17, 15) is 0 Å². The number of hydrogen-bond donors (Lipinski definition) is 2. The van der Waals surface area contributed by atoms with Gasteiger partial charge in [-0.15, -0.1) is 0 Å². The van der Waals surface area contributed by atoms with Crippen molar-refractivity contribution >= 4 is 0 Å². The fourth-order valence-electron chi connectivity index (χ4n) is 1.14. The molecule has 1 aliphatic rings. The van der Waals surface area contributed by atoms with Crippen LogP contribution < -0.4 is 0 Å². The maximum atomic E-state index is 8.92. The minimum Gasteiger partial charge on any atom is -0.393 e. The van der Waals surface area contributed by atoms with Crippen LogP contribution in [0.25, 0.3) is 0 Å². The van der Waals surface area contributed by atoms with E-state index < -0.39 is 0 Å². The van der Waals surface area contributed by atoms with Crippen molar-refractivity contribution in [3.05, 3.63) is 0 Å². The molecule has 2 nitrogen and oxygen atoms in total. The van der Waals surface area contributed by atoms with Crippen molar-refractivity contribution in [2.45, 2.75) is 37.9 Å². The maximum Gasteiger partial charge on any atom is 0.0564 e. The van der Waals surface area contributed by atoms with E-state index in [4.69, 9.17) is 10.2 Å². The van der Waals surface area contributed by atoms with Gasteiger partial charge in [-0.3, -0.25) is 0 Å². The van der Waals surface area contributed by atoms with Gasteiger partial charge in [0, 0.05) is 0 Å². The van der Waals surface area contributed by atoms with E-state index in [1.54, 1.807) is 0 Å². The molecule has 0 amide bonds. The van der Waals surface area contributed by atoms with E-state index in [0.717, 1.165) is 19.3 Å². The molecule has 1 saturated carbocycles. The average Bonchev–Trinajstić information content (AvgIpc) is 1.64. The maximum absolute atomic E-state index is 8.92. The summed E-state index contributed by atoms with van der Waals surface area (Å²) in [6.45, 7) is 0. The molecule has 1 rings (SSSR count). The predicted molar refractivity (Wildman–Crippen MR) is 30.5 cm³/mol. The van der Waals surface area contributed by atoms with Crippen LogP contribution in [0.3, 0.4) is 0 Å². The lowest BCUT2D eigenvalue weighted by atomic mass is 9.95. The Morgan fingerprint density at radius 2 is 1.50 bits per heavy atom. The summed E-state index contributed by atoms with van der Waals surface area (Å²) in [5, 5.41) is 17.8. The third kappa shape index (κ3) is 1.46. The van der Waals surface area contributed by atoms with Gasteiger partial charge in [0.05, 0.1) is 12.2 Å². The van der Waals surface area contributed by atoms with Crippen molar-refractivity contribution < 1.29 is 10.2 Å². The van der Waals surface area contributed by atoms with Gasteiger partial charge in [-0.1, -0.05) is 0 Å². The summed E-state index contributed by atoms with van der Waals surface area (Å²) in [7, 11) is 0. The molecule has 0 radical (unpaired) electrons. The zero-order valence-electron chi connectivity index (χ0n) is 4.88. The molecule has 2 atom stereocenters. The van der Waals surface area contributed by atoms with Gasteiger partial charge in [0.1, 0.15) is 0 Å². The first kappa shape index (κ1) is 6.05. The Bertz CT molecular complexity index is 64.9. The Labute approximate surface area is 49.1 Å². The molecule has 1 fully saturated rings. The highest BCUT2D eigenvalue weighted by molar-refractivity contribution is 4.69. The lowest BCUT2D eigenvalue weighted by Crippen LogP contribution is -2.22. The molecule has 0 bridgehead atoms. The number of aliphatic hydroxyl groups is 2. The number of rotatable bonds is 0. The lowest BCUT2D eigenvalue weighted by Gasteiger charge is -2.20. The standard InChI is InChI=1S/C6H12O2/c7-5-2-1-3-6(8)4-5/h5-8H,1-4H2/t5-,6-/m0/s1. The van der Waals surface area contributed by atoms with Crippen LogP contribution >= 0.6 is 0 Å². The van der Waals surface area contributed by atoms with Crippen molar-refractivity contribution in [3.8, 4) is 0 Å². The van der Waals surface area contributed by atoms with E-state index in [1.165, 1.54) is 0 Å². The topological polar surface area (TPSA) is 40.5 Å². The minimum atomic E-state index is -0.237. The first-order valence-corrected chi connectivity index (χ1v) is 3.15. The van der Waals surface area contributed by atoms with Crippen LogP contribution in [0.4, 0.5) is 0 Å². The number of aliphatic hydroxyl groups excluding tert-OH is 2. The largest absolute Gasteiger partial charge is 0.393 e. The van der Waals surface area contributed by atoms with Crippen molar-refractivity contribution in [1.29, 1.82) is 0 Å². The molecule has 8 heavy (non-hydrogen) atoms. The molecule has 0 saturated heterocycles. The van der Waals surface area contributed by atoms with Crippen LogP contribution in [0.5, 0.6) is 0 Å². The van der Waals surface area contributed by atoms with Gasteiger partial charge in [0.15, 0.2) is 0 Å². The number of hydrogen-bond acceptors (Lipinski definition) is 2. The highest BCUT2D eigenvalue weighted by Gasteiger charge is 2.16. The Morgan fingerprint density at radius 3 is 1.75 bits per heavy atom. The Kier molecular flexibility index (Phi) is 1.86. The van der Waals surface area contributed by atoms with Crippen molar-refractivity contribution in [3.63, 3.8) is 0 Å². The van der Waals surface area contributed by atoms with Gasteiger partial charge in [0.25, 0.3) is 0 Å². The second-order valence-electron chi connectivity index (χ2n) is 2.47. The summed E-state index contributed by atoms with van der Waals surface area (Å²) >= 11 is 0. The molecule has 0 aliphatic heterocycles. The Morgan fingerprint density at radius 1 is 1.00 bits per heavy atom. The summed E-state index contributed by atoms with van der Waals surface area (Å²) in [6.07, 6.45) is 2.83. The van der Waals surface area contributed by atoms with Gasteiger partial charge in [-0.2, -0.15) is 0 Å². The van der Waals surface area contributed by atoms with Gasteiger partial charge in [-0.05, 0) is 25.7 Å². The summed E-state index contributed by atoms with van der Waals surface area (Å²) in [4.78, 5) is 0. The van der Waals surface area contributed by atoms with E-state index >= 15 is 0 Å². The SMILES string of the molecule is O[C@H]1CCC[C@H](O)C1. The van der Waals surface area contributed by atoms with Crippen LogP contribution in [-0.2, 0) is 0 Å². The summed E-state index contributed by atoms with van der Waals surface area (Å²) in [6, 6.07) is 0. The first-order valence-electron chi connectivity index (χ1n) is 3.15. The van der Waals surface area contributed by atoms with Crippen LogP contribution in [0.2, 0.25) is 0 Å². The Balaban J connectivity index is 2.23. The van der Waals surface area contributed by atoms with E-state index in [2.05, 4.69) is 0 Å². The first-order chi connectivity index (χ1) is 3.79. The molecular weight excluding hydrogens is 104 g/mol. The molecule has 0 aromatic rings. The van der Waals surface area contributed by atoms with Gasteiger partial charge >= 0.3 is 0 Å². The predicted octanol–water partition coefficient (Wildman–Crippen LogP) is 0.282. The van der Waals surface area contributed by atoms with Gasteiger partial charge < -0.3 is 10.2 Å². The normalized spacial score (nSPS) is 39.8.